The van der Waals surface area contributed by atoms with Gasteiger partial charge in [-0.05, 0) is 56.3 Å². The molecule has 0 spiro atoms. The molecule has 10 heteroatoms. The van der Waals surface area contributed by atoms with E-state index < -0.39 is 28.5 Å². The monoisotopic (exact) mass is 498 g/mol. The molecule has 184 valence electrons. The Kier molecular flexibility index (Phi) is 8.32. The second-order valence-corrected chi connectivity index (χ2v) is 9.04. The number of hydrogen-bond acceptors (Lipinski definition) is 7. The molecule has 3 rings (SSSR count). The third-order valence-corrected chi connectivity index (χ3v) is 6.19. The summed E-state index contributed by atoms with van der Waals surface area (Å²) in [5.41, 5.74) is 1.71. The number of carbonyl (C=O) groups is 2. The van der Waals surface area contributed by atoms with Gasteiger partial charge < -0.3 is 19.5 Å². The Morgan fingerprint density at radius 1 is 0.943 bits per heavy atom. The highest BCUT2D eigenvalue weighted by Gasteiger charge is 2.23. The van der Waals surface area contributed by atoms with E-state index in [1.807, 2.05) is 13.8 Å². The summed E-state index contributed by atoms with van der Waals surface area (Å²) >= 11 is 0. The molecule has 0 unspecified atom stereocenters. The summed E-state index contributed by atoms with van der Waals surface area (Å²) < 4.78 is 44.1. The van der Waals surface area contributed by atoms with Gasteiger partial charge in [0.2, 0.25) is 0 Å². The summed E-state index contributed by atoms with van der Waals surface area (Å²) in [6.07, 6.45) is 0. The molecule has 2 N–H and O–H groups in total. The smallest absolute Gasteiger partial charge is 0.338 e. The molecule has 0 aliphatic heterocycles. The number of nitrogens with one attached hydrogen (secondary N) is 2. The van der Waals surface area contributed by atoms with Crippen molar-refractivity contribution >= 4 is 33.3 Å². The highest BCUT2D eigenvalue weighted by Crippen LogP contribution is 2.28. The van der Waals surface area contributed by atoms with Crippen molar-refractivity contribution < 1.29 is 32.2 Å². The maximum Gasteiger partial charge on any atom is 0.338 e. The maximum atomic E-state index is 13.0. The van der Waals surface area contributed by atoms with E-state index in [1.54, 1.807) is 48.5 Å². The molecule has 0 bridgehead atoms. The van der Waals surface area contributed by atoms with Crippen molar-refractivity contribution in [3.8, 4) is 11.5 Å². The van der Waals surface area contributed by atoms with E-state index in [-0.39, 0.29) is 16.2 Å². The predicted octanol–water partition coefficient (Wildman–Crippen LogP) is 4.00. The second-order valence-electron chi connectivity index (χ2n) is 7.39. The van der Waals surface area contributed by atoms with Gasteiger partial charge in [0.25, 0.3) is 15.9 Å². The summed E-state index contributed by atoms with van der Waals surface area (Å²) in [4.78, 5) is 24.6. The van der Waals surface area contributed by atoms with Crippen LogP contribution in [0.1, 0.15) is 22.8 Å². The van der Waals surface area contributed by atoms with Gasteiger partial charge in [0.1, 0.15) is 16.4 Å². The van der Waals surface area contributed by atoms with E-state index >= 15 is 0 Å². The van der Waals surface area contributed by atoms with Gasteiger partial charge in [-0.1, -0.05) is 29.8 Å². The Balaban J connectivity index is 1.72. The first kappa shape index (κ1) is 25.6. The minimum atomic E-state index is -4.08. The van der Waals surface area contributed by atoms with Gasteiger partial charge in [0, 0.05) is 5.69 Å². The van der Waals surface area contributed by atoms with E-state index in [2.05, 4.69) is 10.0 Å². The fourth-order valence-corrected chi connectivity index (χ4v) is 4.35. The Labute approximate surface area is 204 Å². The van der Waals surface area contributed by atoms with Crippen LogP contribution in [0.5, 0.6) is 11.5 Å². The zero-order chi connectivity index (χ0) is 25.4. The molecule has 3 aromatic carbocycles. The summed E-state index contributed by atoms with van der Waals surface area (Å²) in [5, 5.41) is 2.62. The van der Waals surface area contributed by atoms with E-state index in [1.165, 1.54) is 19.2 Å². The van der Waals surface area contributed by atoms with E-state index in [0.717, 1.165) is 11.6 Å². The van der Waals surface area contributed by atoms with Crippen molar-refractivity contribution in [2.24, 2.45) is 0 Å². The molecule has 35 heavy (non-hydrogen) atoms. The molecule has 9 nitrogen and oxygen atoms in total. The van der Waals surface area contributed by atoms with Crippen molar-refractivity contribution in [2.75, 3.05) is 30.4 Å². The second kappa shape index (κ2) is 11.4. The van der Waals surface area contributed by atoms with Crippen molar-refractivity contribution in [3.63, 3.8) is 0 Å². The van der Waals surface area contributed by atoms with E-state index in [0.29, 0.717) is 23.7 Å². The predicted molar refractivity (Wildman–Crippen MR) is 132 cm³/mol. The molecule has 3 aromatic rings. The summed E-state index contributed by atoms with van der Waals surface area (Å²) in [6.45, 7) is 3.55. The number of ether oxygens (including phenoxy) is 3. The van der Waals surface area contributed by atoms with Crippen molar-refractivity contribution in [2.45, 2.75) is 18.7 Å². The Bertz CT molecular complexity index is 1310. The van der Waals surface area contributed by atoms with Gasteiger partial charge in [-0.3, -0.25) is 9.52 Å². The van der Waals surface area contributed by atoms with Crippen LogP contribution in [-0.4, -0.2) is 40.6 Å². The van der Waals surface area contributed by atoms with Crippen LogP contribution >= 0.6 is 0 Å². The quantitative estimate of drug-likeness (QED) is 0.406. The molecule has 0 aliphatic carbocycles. The van der Waals surface area contributed by atoms with Crippen LogP contribution in [0.25, 0.3) is 0 Å². The van der Waals surface area contributed by atoms with Crippen LogP contribution < -0.4 is 19.5 Å². The first-order chi connectivity index (χ1) is 16.7. The van der Waals surface area contributed by atoms with Gasteiger partial charge in [-0.25, -0.2) is 13.2 Å². The molecule has 0 aromatic heterocycles. The lowest BCUT2D eigenvalue weighted by Gasteiger charge is -2.13. The van der Waals surface area contributed by atoms with Crippen molar-refractivity contribution in [1.29, 1.82) is 0 Å². The highest BCUT2D eigenvalue weighted by molar-refractivity contribution is 7.92. The first-order valence-electron chi connectivity index (χ1n) is 10.7. The zero-order valence-electron chi connectivity index (χ0n) is 19.5. The average molecular weight is 499 g/mol. The van der Waals surface area contributed by atoms with Crippen LogP contribution in [0.15, 0.2) is 71.6 Å². The normalized spacial score (nSPS) is 10.8. The summed E-state index contributed by atoms with van der Waals surface area (Å²) in [5.74, 6) is -0.909. The molecule has 0 heterocycles. The minimum Gasteiger partial charge on any atom is -0.495 e. The molecule has 0 saturated heterocycles. The van der Waals surface area contributed by atoms with E-state index in [4.69, 9.17) is 14.2 Å². The van der Waals surface area contributed by atoms with E-state index in [9.17, 15) is 18.0 Å². The van der Waals surface area contributed by atoms with Crippen LogP contribution in [0.4, 0.5) is 11.4 Å². The molecule has 0 fully saturated rings. The highest BCUT2D eigenvalue weighted by atomic mass is 32.2. The molecular formula is C25H26N2O7S. The number of rotatable bonds is 10. The number of amides is 1. The maximum absolute atomic E-state index is 13.0. The lowest BCUT2D eigenvalue weighted by Crippen LogP contribution is -2.21. The number of hydrogen-bond donors (Lipinski definition) is 2. The molecule has 0 saturated carbocycles. The Morgan fingerprint density at radius 3 is 2.34 bits per heavy atom. The van der Waals surface area contributed by atoms with Crippen molar-refractivity contribution in [3.05, 3.63) is 77.9 Å². The molecule has 0 atom stereocenters. The van der Waals surface area contributed by atoms with Crippen LogP contribution in [0.2, 0.25) is 0 Å². The number of methoxy groups -OCH3 is 1. The topological polar surface area (TPSA) is 120 Å². The molecule has 1 amide bonds. The lowest BCUT2D eigenvalue weighted by molar-refractivity contribution is -0.119. The molecule has 0 radical (unpaired) electrons. The number of carbonyl (C=O) groups excluding carboxylic acids is 2. The fraction of sp³-hybridized carbons (Fsp3) is 0.200. The minimum absolute atomic E-state index is 0.0476. The standard InChI is InChI=1S/C25H26N2O7S/c1-4-33-21-8-6-5-7-20(21)26-24(28)16-34-25(29)18-11-14-22(32-3)23(15-18)35(30,31)27-19-12-9-17(2)10-13-19/h5-15,27H,4,16H2,1-3H3,(H,26,28). The van der Waals surface area contributed by atoms with Gasteiger partial charge in [0.05, 0.1) is 25.0 Å². The van der Waals surface area contributed by atoms with Crippen LogP contribution in [0, 0.1) is 6.92 Å². The van der Waals surface area contributed by atoms with Crippen LogP contribution in [-0.2, 0) is 19.6 Å². The van der Waals surface area contributed by atoms with Gasteiger partial charge in [-0.2, -0.15) is 0 Å². The number of anilines is 2. The number of benzene rings is 3. The molecular weight excluding hydrogens is 472 g/mol. The largest absolute Gasteiger partial charge is 0.495 e. The first-order valence-corrected chi connectivity index (χ1v) is 12.2. The summed E-state index contributed by atoms with van der Waals surface area (Å²) in [7, 11) is -2.76. The van der Waals surface area contributed by atoms with Crippen LogP contribution in [0.3, 0.4) is 0 Å². The van der Waals surface area contributed by atoms with Gasteiger partial charge >= 0.3 is 5.97 Å². The van der Waals surface area contributed by atoms with Gasteiger partial charge in [-0.15, -0.1) is 0 Å². The summed E-state index contributed by atoms with van der Waals surface area (Å²) in [6, 6.07) is 17.5. The number of esters is 1. The number of sulfonamides is 1. The zero-order valence-corrected chi connectivity index (χ0v) is 20.3. The third-order valence-electron chi connectivity index (χ3n) is 4.79. The fourth-order valence-electron chi connectivity index (χ4n) is 3.10. The lowest BCUT2D eigenvalue weighted by atomic mass is 10.2. The SMILES string of the molecule is CCOc1ccccc1NC(=O)COC(=O)c1ccc(OC)c(S(=O)(=O)Nc2ccc(C)cc2)c1. The number of para-hydroxylation sites is 2. The molecule has 0 aliphatic rings. The van der Waals surface area contributed by atoms with Crippen molar-refractivity contribution in [1.82, 2.24) is 0 Å². The Morgan fingerprint density at radius 2 is 1.66 bits per heavy atom. The average Bonchev–Trinajstić information content (AvgIpc) is 2.85. The Hall–Kier alpha value is -4.05. The third kappa shape index (κ3) is 6.73. The number of aryl methyl sites for hydroxylation is 1. The van der Waals surface area contributed by atoms with Gasteiger partial charge in [0.15, 0.2) is 6.61 Å².